The first-order valence-corrected chi connectivity index (χ1v) is 28.4. The lowest BCUT2D eigenvalue weighted by atomic mass is 9.83. The minimum Gasteiger partial charge on any atom is -0.462 e. The van der Waals surface area contributed by atoms with Gasteiger partial charge in [0.2, 0.25) is 0 Å². The molecule has 8 N–H and O–H groups in total. The lowest BCUT2D eigenvalue weighted by Crippen LogP contribution is -2.51. The van der Waals surface area contributed by atoms with E-state index in [-0.39, 0.29) is 37.9 Å². The first-order valence-electron chi connectivity index (χ1n) is 25.4. The minimum atomic E-state index is -5.73. The number of aliphatic hydroxyl groups is 4. The number of nitrogen functional groups attached to an aromatic ring is 1. The van der Waals surface area contributed by atoms with Gasteiger partial charge in [-0.2, -0.15) is 9.29 Å². The molecular weight excluding hydrogens is 993 g/mol. The summed E-state index contributed by atoms with van der Waals surface area (Å²) in [7, 11) is -11.3. The molecule has 0 aliphatic carbocycles. The van der Waals surface area contributed by atoms with Crippen LogP contribution in [0.4, 0.5) is 5.82 Å². The van der Waals surface area contributed by atoms with E-state index in [1.165, 1.54) is 18.2 Å². The van der Waals surface area contributed by atoms with Crippen LogP contribution in [-0.2, 0) is 51.1 Å². The van der Waals surface area contributed by atoms with Crippen molar-refractivity contribution in [2.24, 2.45) is 11.8 Å². The molecule has 2 unspecified atom stereocenters. The topological polar surface area (TPSA) is 323 Å². The first kappa shape index (κ1) is 63.3. The van der Waals surface area contributed by atoms with Gasteiger partial charge in [-0.1, -0.05) is 113 Å². The quantitative estimate of drug-likeness (QED) is 0.0268. The average molecular weight is 1070 g/mol. The molecule has 0 aromatic carbocycles. The highest BCUT2D eigenvalue weighted by molar-refractivity contribution is 7.61. The number of phosphoric ester groups is 2. The van der Waals surface area contributed by atoms with Gasteiger partial charge in [-0.3, -0.25) is 28.0 Å². The number of rotatable bonds is 22. The molecular formula is C50H79N3O18P2. The van der Waals surface area contributed by atoms with E-state index < -0.39 is 120 Å². The number of fused-ring (bicyclic) bond motifs is 3. The fourth-order valence-corrected chi connectivity index (χ4v) is 10.0. The maximum absolute atomic E-state index is 14.3. The van der Waals surface area contributed by atoms with E-state index in [4.69, 9.17) is 29.0 Å². The molecule has 2 aliphatic rings. The molecule has 1 aromatic heterocycles. The number of carbonyl (C=O) groups is 3. The first-order chi connectivity index (χ1) is 34.9. The second-order valence-corrected chi connectivity index (χ2v) is 21.1. The van der Waals surface area contributed by atoms with Crippen molar-refractivity contribution in [3.05, 3.63) is 83.5 Å². The summed E-state index contributed by atoms with van der Waals surface area (Å²) in [4.78, 5) is 78.2. The van der Waals surface area contributed by atoms with Crippen LogP contribution < -0.4 is 11.4 Å². The standard InChI is InChI=1S/C50H79N3O18P2/c1-3-5-7-8-9-10-11-12-13-14-15-16-17-18-23-27-45(57)66-34-38-35-67-72(62,63)71-73(64,65)68-36-43-48(60)47(59)39(30-29-37(54)25-21-6-4-2)41(55)33-42(56)40(26-22-19-20-24-28-46(58)69-38)49(70-43)53-32-31-44(51)52-50(53)61/h5,7,9-10,12-13,19,22,29-32,37-41,43,47-49,54-55,59-60H,3-4,6,8,11,14-18,20-21,23-28,33-36H2,1-2H3,(H,62,63)(H,64,65)(H2,51,52,61)/b7-5-,10-9-,13-12-,22-19?,30-29+/t37-,38+,39-,40-,41+,43+,47-,48+,49+/m0/s1. The van der Waals surface area contributed by atoms with Gasteiger partial charge in [0, 0.05) is 31.4 Å². The van der Waals surface area contributed by atoms with Crippen LogP contribution in [0.25, 0.3) is 0 Å². The maximum atomic E-state index is 14.3. The summed E-state index contributed by atoms with van der Waals surface area (Å²) in [6, 6.07) is 1.21. The Morgan fingerprint density at radius 1 is 0.904 bits per heavy atom. The SMILES string of the molecule is CC/C=C\C/C=C\C/C=C\CCCCCCCC(=O)OC[C@@H]1COP(=O)(O)OP(=O)(O)OC[C@H]2O[C@@H](n3ccc(N)nc3=O)[C@@H](CC=CCCCC(=O)O1)C(=O)C[C@@H](O)[C@H](/C=C/[C@@H](O)CCCCC)[C@H](O)[C@@H]2O. The number of unbranched alkanes of at least 4 members (excludes halogenated alkanes) is 7. The lowest BCUT2D eigenvalue weighted by molar-refractivity contribution is -0.183. The molecule has 11 atom stereocenters. The van der Waals surface area contributed by atoms with Gasteiger partial charge in [0.25, 0.3) is 0 Å². The molecule has 3 heterocycles. The van der Waals surface area contributed by atoms with Crippen LogP contribution >= 0.6 is 15.6 Å². The van der Waals surface area contributed by atoms with Crippen LogP contribution in [0, 0.1) is 11.8 Å². The van der Waals surface area contributed by atoms with Crippen LogP contribution in [0.1, 0.15) is 142 Å². The van der Waals surface area contributed by atoms with Crippen molar-refractivity contribution >= 4 is 39.2 Å². The number of cyclic esters (lactones) is 1. The average Bonchev–Trinajstić information content (AvgIpc) is 3.33. The molecule has 73 heavy (non-hydrogen) atoms. The summed E-state index contributed by atoms with van der Waals surface area (Å²) in [6.07, 6.45) is 17.8. The number of hydrogen-bond acceptors (Lipinski definition) is 18. The van der Waals surface area contributed by atoms with E-state index in [9.17, 15) is 58.5 Å². The van der Waals surface area contributed by atoms with Crippen LogP contribution in [0.2, 0.25) is 0 Å². The predicted molar refractivity (Wildman–Crippen MR) is 271 cm³/mol. The Morgan fingerprint density at radius 2 is 1.59 bits per heavy atom. The van der Waals surface area contributed by atoms with Crippen LogP contribution in [0.5, 0.6) is 0 Å². The molecule has 0 radical (unpaired) electrons. The number of anilines is 1. The molecule has 3 rings (SSSR count). The minimum absolute atomic E-state index is 0.0532. The number of aliphatic hydroxyl groups excluding tert-OH is 4. The Morgan fingerprint density at radius 3 is 2.30 bits per heavy atom. The van der Waals surface area contributed by atoms with E-state index in [0.29, 0.717) is 19.3 Å². The normalized spacial score (nSPS) is 29.3. The zero-order valence-corrected chi connectivity index (χ0v) is 43.9. The third-order valence-electron chi connectivity index (χ3n) is 11.9. The number of nitrogens with zero attached hydrogens (tertiary/aromatic N) is 2. The molecule has 1 saturated heterocycles. The smallest absolute Gasteiger partial charge is 0.462 e. The molecule has 2 aliphatic heterocycles. The maximum Gasteiger partial charge on any atom is 0.481 e. The lowest BCUT2D eigenvalue weighted by Gasteiger charge is -2.38. The molecule has 1 fully saturated rings. The molecule has 2 bridgehead atoms. The fraction of sp³-hybridized carbons (Fsp3) is 0.660. The Bertz CT molecular complexity index is 2130. The van der Waals surface area contributed by atoms with E-state index in [0.717, 1.165) is 75.0 Å². The number of aromatic nitrogens is 2. The van der Waals surface area contributed by atoms with E-state index in [1.807, 2.05) is 6.92 Å². The molecule has 412 valence electrons. The highest BCUT2D eigenvalue weighted by atomic mass is 31.3. The fourth-order valence-electron chi connectivity index (χ4n) is 7.90. The number of ketones is 1. The molecule has 0 saturated carbocycles. The summed E-state index contributed by atoms with van der Waals surface area (Å²) >= 11 is 0. The second kappa shape index (κ2) is 34.6. The van der Waals surface area contributed by atoms with Gasteiger partial charge < -0.3 is 50.2 Å². The van der Waals surface area contributed by atoms with E-state index in [2.05, 4.69) is 52.7 Å². The van der Waals surface area contributed by atoms with Gasteiger partial charge in [-0.05, 0) is 70.3 Å². The number of ether oxygens (including phenoxy) is 3. The summed E-state index contributed by atoms with van der Waals surface area (Å²) in [5.41, 5.74) is 4.71. The van der Waals surface area contributed by atoms with Crippen molar-refractivity contribution in [1.29, 1.82) is 0 Å². The third kappa shape index (κ3) is 25.4. The number of Topliss-reactive ketones (excluding diaryl/α,β-unsaturated/α-hetero) is 1. The van der Waals surface area contributed by atoms with Crippen molar-refractivity contribution < 1.29 is 81.3 Å². The molecule has 21 nitrogen and oxygen atoms in total. The molecule has 23 heteroatoms. The highest BCUT2D eigenvalue weighted by Gasteiger charge is 2.45. The highest BCUT2D eigenvalue weighted by Crippen LogP contribution is 2.60. The van der Waals surface area contributed by atoms with Crippen molar-refractivity contribution in [1.82, 2.24) is 9.55 Å². The van der Waals surface area contributed by atoms with Crippen LogP contribution in [0.15, 0.2) is 77.8 Å². The second-order valence-electron chi connectivity index (χ2n) is 18.1. The van der Waals surface area contributed by atoms with Gasteiger partial charge in [0.15, 0.2) is 6.10 Å². The van der Waals surface area contributed by atoms with Crippen molar-refractivity contribution in [3.8, 4) is 0 Å². The molecule has 0 spiro atoms. The van der Waals surface area contributed by atoms with Gasteiger partial charge in [0.1, 0.15) is 36.6 Å². The number of nitrogens with two attached hydrogens (primary N) is 1. The summed E-state index contributed by atoms with van der Waals surface area (Å²) in [6.45, 7) is 1.31. The van der Waals surface area contributed by atoms with E-state index >= 15 is 0 Å². The molecule has 1 aromatic rings. The van der Waals surface area contributed by atoms with Gasteiger partial charge in [0.05, 0.1) is 37.4 Å². The van der Waals surface area contributed by atoms with Gasteiger partial charge in [-0.25, -0.2) is 13.9 Å². The summed E-state index contributed by atoms with van der Waals surface area (Å²) in [5.74, 6) is -5.16. The Labute approximate surface area is 428 Å². The monoisotopic (exact) mass is 1070 g/mol. The zero-order chi connectivity index (χ0) is 53.7. The third-order valence-corrected chi connectivity index (χ3v) is 14.5. The molecule has 0 amide bonds. The number of esters is 2. The van der Waals surface area contributed by atoms with Crippen molar-refractivity contribution in [3.63, 3.8) is 0 Å². The number of hydrogen-bond donors (Lipinski definition) is 7. The van der Waals surface area contributed by atoms with Crippen molar-refractivity contribution in [2.75, 3.05) is 25.6 Å². The zero-order valence-electron chi connectivity index (χ0n) is 42.1. The predicted octanol–water partition coefficient (Wildman–Crippen LogP) is 6.92. The summed E-state index contributed by atoms with van der Waals surface area (Å²) < 4.78 is 58.7. The Kier molecular flexibility index (Phi) is 30.0. The van der Waals surface area contributed by atoms with E-state index in [1.54, 1.807) is 12.2 Å². The number of phosphoric acid groups is 2. The largest absolute Gasteiger partial charge is 0.481 e. The number of allylic oxidation sites excluding steroid dienone is 8. The van der Waals surface area contributed by atoms with Crippen LogP contribution in [-0.4, -0.2) is 114 Å². The van der Waals surface area contributed by atoms with Crippen molar-refractivity contribution in [2.45, 2.75) is 179 Å². The van der Waals surface area contributed by atoms with Gasteiger partial charge in [-0.15, -0.1) is 0 Å². The Hall–Kier alpha value is -3.95. The number of carbonyl (C=O) groups excluding carboxylic acids is 3. The summed E-state index contributed by atoms with van der Waals surface area (Å²) in [5, 5.41) is 45.4. The van der Waals surface area contributed by atoms with Crippen LogP contribution in [0.3, 0.4) is 0 Å². The Balaban J connectivity index is 1.79. The van der Waals surface area contributed by atoms with Gasteiger partial charge >= 0.3 is 33.3 Å².